The first kappa shape index (κ1) is 14.8. The first-order valence-corrected chi connectivity index (χ1v) is 8.00. The number of aliphatic hydroxyl groups is 1. The topological polar surface area (TPSA) is 55.8 Å². The number of hydrogen-bond donors (Lipinski definition) is 2. The van der Waals surface area contributed by atoms with E-state index < -0.39 is 6.10 Å². The summed E-state index contributed by atoms with van der Waals surface area (Å²) < 4.78 is 0.903. The second-order valence-corrected chi connectivity index (χ2v) is 6.79. The third kappa shape index (κ3) is 2.67. The van der Waals surface area contributed by atoms with Crippen LogP contribution in [0.25, 0.3) is 0 Å². The number of aliphatic hydroxyl groups excluding tert-OH is 1. The summed E-state index contributed by atoms with van der Waals surface area (Å²) in [7, 11) is 4.23. The third-order valence-electron chi connectivity index (χ3n) is 4.49. The van der Waals surface area contributed by atoms with Gasteiger partial charge in [0.25, 0.3) is 5.91 Å². The first-order valence-electron chi connectivity index (χ1n) is 7.21. The third-order valence-corrected chi connectivity index (χ3v) is 5.12. The van der Waals surface area contributed by atoms with Crippen molar-refractivity contribution in [2.75, 3.05) is 37.4 Å². The van der Waals surface area contributed by atoms with Crippen molar-refractivity contribution in [3.8, 4) is 0 Å². The van der Waals surface area contributed by atoms with Crippen LogP contribution in [0.2, 0.25) is 0 Å². The van der Waals surface area contributed by atoms with E-state index in [1.165, 1.54) is 12.8 Å². The average Bonchev–Trinajstić information content (AvgIpc) is 2.95. The number of hydrogen-bond acceptors (Lipinski definition) is 4. The Morgan fingerprint density at radius 1 is 1.52 bits per heavy atom. The van der Waals surface area contributed by atoms with Gasteiger partial charge in [-0.05, 0) is 54.5 Å². The van der Waals surface area contributed by atoms with Crippen LogP contribution < -0.4 is 10.2 Å². The maximum Gasteiger partial charge on any atom is 0.257 e. The first-order chi connectivity index (χ1) is 9.97. The number of benzene rings is 1. The van der Waals surface area contributed by atoms with Gasteiger partial charge in [-0.25, -0.2) is 0 Å². The Morgan fingerprint density at radius 3 is 2.95 bits per heavy atom. The molecule has 0 radical (unpaired) electrons. The normalized spacial score (nSPS) is 25.0. The van der Waals surface area contributed by atoms with E-state index >= 15 is 0 Å². The van der Waals surface area contributed by atoms with Crippen molar-refractivity contribution in [3.05, 3.63) is 22.2 Å². The maximum atomic E-state index is 11.5. The van der Waals surface area contributed by atoms with Crippen LogP contribution >= 0.6 is 15.9 Å². The van der Waals surface area contributed by atoms with Crippen LogP contribution in [0.3, 0.4) is 0 Å². The Balaban J connectivity index is 1.82. The predicted molar refractivity (Wildman–Crippen MR) is 86.7 cm³/mol. The minimum absolute atomic E-state index is 0.354. The van der Waals surface area contributed by atoms with Gasteiger partial charge >= 0.3 is 0 Å². The highest BCUT2D eigenvalue weighted by Crippen LogP contribution is 2.39. The van der Waals surface area contributed by atoms with Crippen LogP contribution in [0, 0.1) is 0 Å². The second kappa shape index (κ2) is 5.59. The van der Waals surface area contributed by atoms with E-state index in [4.69, 9.17) is 0 Å². The average molecular weight is 354 g/mol. The molecule has 1 saturated heterocycles. The highest BCUT2D eigenvalue weighted by molar-refractivity contribution is 9.10. The van der Waals surface area contributed by atoms with Crippen LogP contribution in [0.4, 0.5) is 11.4 Å². The fraction of sp³-hybridized carbons (Fsp3) is 0.533. The SMILES string of the molecule is CN(CC1CCCN1C)c1cc2c(cc1Br)C(O)C(=O)N2. The Hall–Kier alpha value is -1.11. The smallest absolute Gasteiger partial charge is 0.257 e. The molecule has 1 aromatic rings. The lowest BCUT2D eigenvalue weighted by atomic mass is 10.1. The molecular weight excluding hydrogens is 334 g/mol. The quantitative estimate of drug-likeness (QED) is 0.872. The summed E-state index contributed by atoms with van der Waals surface area (Å²) in [6.07, 6.45) is 1.41. The van der Waals surface area contributed by atoms with E-state index in [-0.39, 0.29) is 5.91 Å². The summed E-state index contributed by atoms with van der Waals surface area (Å²) in [6, 6.07) is 4.33. The van der Waals surface area contributed by atoms with Gasteiger partial charge in [0.05, 0.1) is 5.69 Å². The number of likely N-dealkylation sites (N-methyl/N-ethyl adjacent to an activating group) is 2. The minimum atomic E-state index is -1.06. The van der Waals surface area contributed by atoms with E-state index in [2.05, 4.69) is 45.1 Å². The van der Waals surface area contributed by atoms with Crippen molar-refractivity contribution < 1.29 is 9.90 Å². The fourth-order valence-corrected chi connectivity index (χ4v) is 3.83. The van der Waals surface area contributed by atoms with Crippen LogP contribution in [0.1, 0.15) is 24.5 Å². The molecule has 21 heavy (non-hydrogen) atoms. The minimum Gasteiger partial charge on any atom is -0.378 e. The van der Waals surface area contributed by atoms with E-state index in [1.54, 1.807) is 0 Å². The Kier molecular flexibility index (Phi) is 3.94. The zero-order valence-electron chi connectivity index (χ0n) is 12.3. The summed E-state index contributed by atoms with van der Waals surface area (Å²) in [4.78, 5) is 16.1. The number of nitrogens with one attached hydrogen (secondary N) is 1. The van der Waals surface area contributed by atoms with Crippen molar-refractivity contribution in [2.24, 2.45) is 0 Å². The molecule has 6 heteroatoms. The fourth-order valence-electron chi connectivity index (χ4n) is 3.17. The number of carbonyl (C=O) groups is 1. The number of likely N-dealkylation sites (tertiary alicyclic amines) is 1. The summed E-state index contributed by atoms with van der Waals surface area (Å²) in [6.45, 7) is 2.11. The van der Waals surface area contributed by atoms with Gasteiger partial charge < -0.3 is 20.2 Å². The van der Waals surface area contributed by atoms with Gasteiger partial charge in [0, 0.05) is 35.4 Å². The van der Waals surface area contributed by atoms with Gasteiger partial charge in [0.15, 0.2) is 6.10 Å². The molecule has 5 nitrogen and oxygen atoms in total. The standard InChI is InChI=1S/C15H20BrN3O2/c1-18-5-3-4-9(18)8-19(2)13-7-12-10(6-11(13)16)14(20)15(21)17-12/h6-7,9,14,20H,3-5,8H2,1-2H3,(H,17,21). The number of nitrogens with zero attached hydrogens (tertiary/aromatic N) is 2. The van der Waals surface area contributed by atoms with E-state index in [0.717, 1.165) is 23.2 Å². The number of anilines is 2. The van der Waals surface area contributed by atoms with Gasteiger partial charge in [0.2, 0.25) is 0 Å². The molecule has 0 aliphatic carbocycles. The van der Waals surface area contributed by atoms with E-state index in [9.17, 15) is 9.90 Å². The molecule has 0 bridgehead atoms. The van der Waals surface area contributed by atoms with E-state index in [1.807, 2.05) is 12.1 Å². The van der Waals surface area contributed by atoms with Crippen LogP contribution in [0.5, 0.6) is 0 Å². The summed E-state index contributed by atoms with van der Waals surface area (Å²) in [5.74, 6) is -0.354. The number of halogens is 1. The molecule has 2 N–H and O–H groups in total. The number of fused-ring (bicyclic) bond motifs is 1. The Bertz CT molecular complexity index is 578. The lowest BCUT2D eigenvalue weighted by molar-refractivity contribution is -0.123. The van der Waals surface area contributed by atoms with Crippen LogP contribution in [0.15, 0.2) is 16.6 Å². The molecule has 0 saturated carbocycles. The zero-order valence-corrected chi connectivity index (χ0v) is 13.9. The molecule has 2 aliphatic heterocycles. The predicted octanol–water partition coefficient (Wildman–Crippen LogP) is 1.96. The van der Waals surface area contributed by atoms with Crippen molar-refractivity contribution in [3.63, 3.8) is 0 Å². The van der Waals surface area contributed by atoms with Crippen LogP contribution in [-0.2, 0) is 4.79 Å². The zero-order chi connectivity index (χ0) is 15.1. The molecule has 1 amide bonds. The highest BCUT2D eigenvalue weighted by Gasteiger charge is 2.30. The summed E-state index contributed by atoms with van der Waals surface area (Å²) >= 11 is 3.56. The molecule has 0 aromatic heterocycles. The van der Waals surface area contributed by atoms with Gasteiger partial charge in [-0.15, -0.1) is 0 Å². The molecule has 0 spiro atoms. The van der Waals surface area contributed by atoms with Gasteiger partial charge in [0.1, 0.15) is 0 Å². The number of rotatable bonds is 3. The van der Waals surface area contributed by atoms with Gasteiger partial charge in [-0.3, -0.25) is 4.79 Å². The van der Waals surface area contributed by atoms with Crippen molar-refractivity contribution in [2.45, 2.75) is 25.0 Å². The highest BCUT2D eigenvalue weighted by atomic mass is 79.9. The van der Waals surface area contributed by atoms with Gasteiger partial charge in [-0.2, -0.15) is 0 Å². The Labute approximate surface area is 133 Å². The Morgan fingerprint density at radius 2 is 2.29 bits per heavy atom. The number of carbonyl (C=O) groups excluding carboxylic acids is 1. The second-order valence-electron chi connectivity index (χ2n) is 5.94. The molecule has 2 heterocycles. The van der Waals surface area contributed by atoms with Crippen molar-refractivity contribution in [1.82, 2.24) is 4.90 Å². The molecule has 3 rings (SSSR count). The largest absolute Gasteiger partial charge is 0.378 e. The number of amides is 1. The van der Waals surface area contributed by atoms with E-state index in [0.29, 0.717) is 17.3 Å². The van der Waals surface area contributed by atoms with Gasteiger partial charge in [-0.1, -0.05) is 0 Å². The van der Waals surface area contributed by atoms with Crippen LogP contribution in [-0.4, -0.2) is 49.1 Å². The summed E-state index contributed by atoms with van der Waals surface area (Å²) in [5.41, 5.74) is 2.38. The molecule has 2 atom stereocenters. The maximum absolute atomic E-state index is 11.5. The molecule has 2 unspecified atom stereocenters. The van der Waals surface area contributed by atoms with Crippen molar-refractivity contribution in [1.29, 1.82) is 0 Å². The lowest BCUT2D eigenvalue weighted by Crippen LogP contribution is -2.36. The molecular formula is C15H20BrN3O2. The molecule has 114 valence electrons. The molecule has 1 aromatic carbocycles. The monoisotopic (exact) mass is 353 g/mol. The molecule has 2 aliphatic rings. The summed E-state index contributed by atoms with van der Waals surface area (Å²) in [5, 5.41) is 12.5. The lowest BCUT2D eigenvalue weighted by Gasteiger charge is -2.28. The molecule has 1 fully saturated rings. The van der Waals surface area contributed by atoms with Crippen molar-refractivity contribution >= 4 is 33.2 Å².